The maximum atomic E-state index is 11.3. The van der Waals surface area contributed by atoms with E-state index in [0.29, 0.717) is 12.2 Å². The number of anilines is 1. The van der Waals surface area contributed by atoms with Crippen LogP contribution in [0.4, 0.5) is 5.13 Å². The van der Waals surface area contributed by atoms with Crippen molar-refractivity contribution in [2.45, 2.75) is 25.7 Å². The zero-order valence-corrected chi connectivity index (χ0v) is 10.8. The monoisotopic (exact) mass is 261 g/mol. The van der Waals surface area contributed by atoms with Crippen molar-refractivity contribution < 1.29 is 8.42 Å². The molecule has 1 aromatic rings. The van der Waals surface area contributed by atoms with Crippen LogP contribution in [0.5, 0.6) is 0 Å². The van der Waals surface area contributed by atoms with E-state index >= 15 is 0 Å². The topological polar surface area (TPSA) is 72.0 Å². The fraction of sp³-hybridized carbons (Fsp3) is 0.778. The van der Waals surface area contributed by atoms with E-state index in [0.717, 1.165) is 18.1 Å². The minimum absolute atomic E-state index is 0.00146. The van der Waals surface area contributed by atoms with Gasteiger partial charge < -0.3 is 5.32 Å². The Hall–Kier alpha value is -0.690. The Balaban J connectivity index is 2.02. The van der Waals surface area contributed by atoms with Crippen molar-refractivity contribution in [1.82, 2.24) is 9.36 Å². The molecule has 0 aromatic carbocycles. The molecule has 0 radical (unpaired) electrons. The van der Waals surface area contributed by atoms with Crippen LogP contribution in [0.15, 0.2) is 0 Å². The highest BCUT2D eigenvalue weighted by atomic mass is 32.2. The quantitative estimate of drug-likeness (QED) is 0.883. The maximum Gasteiger partial charge on any atom is 0.202 e. The van der Waals surface area contributed by atoms with Gasteiger partial charge in [0.1, 0.15) is 5.82 Å². The van der Waals surface area contributed by atoms with Crippen molar-refractivity contribution in [3.05, 3.63) is 5.82 Å². The van der Waals surface area contributed by atoms with Crippen molar-refractivity contribution in [3.8, 4) is 0 Å². The van der Waals surface area contributed by atoms with Gasteiger partial charge in [-0.3, -0.25) is 0 Å². The molecule has 0 amide bonds. The van der Waals surface area contributed by atoms with Gasteiger partial charge in [-0.15, -0.1) is 0 Å². The van der Waals surface area contributed by atoms with Gasteiger partial charge in [-0.2, -0.15) is 4.37 Å². The lowest BCUT2D eigenvalue weighted by Crippen LogP contribution is -2.05. The smallest absolute Gasteiger partial charge is 0.202 e. The standard InChI is InChI=1S/C9H15N3O2S2/c1-2-4-10-9-11-8(12-15-9)7-3-5-16(13,14)6-7/h7H,2-6H2,1H3,(H,10,11,12). The van der Waals surface area contributed by atoms with Crippen LogP contribution >= 0.6 is 11.5 Å². The SMILES string of the molecule is CCCNc1nc(C2CCS(=O)(=O)C2)ns1. The maximum absolute atomic E-state index is 11.3. The molecule has 2 rings (SSSR count). The summed E-state index contributed by atoms with van der Waals surface area (Å²) in [6.45, 7) is 2.95. The Bertz CT molecular complexity index is 455. The molecule has 1 aliphatic rings. The van der Waals surface area contributed by atoms with Gasteiger partial charge in [0.2, 0.25) is 5.13 Å². The van der Waals surface area contributed by atoms with Crippen LogP contribution in [0.1, 0.15) is 31.5 Å². The summed E-state index contributed by atoms with van der Waals surface area (Å²) in [6, 6.07) is 0. The predicted octanol–water partition coefficient (Wildman–Crippen LogP) is 1.26. The average Bonchev–Trinajstić information content (AvgIpc) is 2.81. The molecular formula is C9H15N3O2S2. The molecule has 90 valence electrons. The summed E-state index contributed by atoms with van der Waals surface area (Å²) >= 11 is 1.31. The van der Waals surface area contributed by atoms with E-state index in [1.165, 1.54) is 11.5 Å². The molecule has 0 bridgehead atoms. The molecule has 1 saturated heterocycles. The Kier molecular flexibility index (Phi) is 3.44. The largest absolute Gasteiger partial charge is 0.360 e. The van der Waals surface area contributed by atoms with Gasteiger partial charge in [0.15, 0.2) is 9.84 Å². The Morgan fingerprint density at radius 1 is 1.56 bits per heavy atom. The minimum Gasteiger partial charge on any atom is -0.360 e. The van der Waals surface area contributed by atoms with Gasteiger partial charge in [0, 0.05) is 24.0 Å². The molecule has 1 aliphatic heterocycles. The first-order chi connectivity index (χ1) is 7.61. The van der Waals surface area contributed by atoms with E-state index < -0.39 is 9.84 Å². The van der Waals surface area contributed by atoms with E-state index in [1.807, 2.05) is 0 Å². The molecule has 2 heterocycles. The lowest BCUT2D eigenvalue weighted by atomic mass is 10.1. The predicted molar refractivity (Wildman–Crippen MR) is 64.7 cm³/mol. The zero-order chi connectivity index (χ0) is 11.6. The van der Waals surface area contributed by atoms with Crippen LogP contribution < -0.4 is 5.32 Å². The number of nitrogens with zero attached hydrogens (tertiary/aromatic N) is 2. The number of hydrogen-bond acceptors (Lipinski definition) is 6. The summed E-state index contributed by atoms with van der Waals surface area (Å²) in [4.78, 5) is 4.33. The van der Waals surface area contributed by atoms with Crippen molar-refractivity contribution in [3.63, 3.8) is 0 Å². The van der Waals surface area contributed by atoms with E-state index in [1.54, 1.807) is 0 Å². The summed E-state index contributed by atoms with van der Waals surface area (Å²) in [5, 5.41) is 3.95. The van der Waals surface area contributed by atoms with Gasteiger partial charge in [0.05, 0.1) is 11.5 Å². The van der Waals surface area contributed by atoms with Crippen LogP contribution in [0.3, 0.4) is 0 Å². The Morgan fingerprint density at radius 3 is 3.00 bits per heavy atom. The van der Waals surface area contributed by atoms with Gasteiger partial charge in [-0.05, 0) is 12.8 Å². The fourth-order valence-corrected chi connectivity index (χ4v) is 4.11. The number of hydrogen-bond donors (Lipinski definition) is 1. The molecule has 1 unspecified atom stereocenters. The Labute approximate surface area is 99.4 Å². The lowest BCUT2D eigenvalue weighted by molar-refractivity contribution is 0.601. The second-order valence-corrected chi connectivity index (χ2v) is 6.97. The molecule has 0 saturated carbocycles. The zero-order valence-electron chi connectivity index (χ0n) is 9.14. The average molecular weight is 261 g/mol. The molecule has 0 aliphatic carbocycles. The number of nitrogens with one attached hydrogen (secondary N) is 1. The third kappa shape index (κ3) is 2.70. The fourth-order valence-electron chi connectivity index (χ4n) is 1.70. The first kappa shape index (κ1) is 11.8. The van der Waals surface area contributed by atoms with Crippen LogP contribution in [0, 0.1) is 0 Å². The second kappa shape index (κ2) is 4.67. The second-order valence-electron chi connectivity index (χ2n) is 3.98. The molecule has 16 heavy (non-hydrogen) atoms. The van der Waals surface area contributed by atoms with E-state index in [2.05, 4.69) is 21.6 Å². The third-order valence-corrected chi connectivity index (χ3v) is 5.02. The van der Waals surface area contributed by atoms with Crippen molar-refractivity contribution in [2.24, 2.45) is 0 Å². The van der Waals surface area contributed by atoms with Crippen molar-refractivity contribution >= 4 is 26.5 Å². The van der Waals surface area contributed by atoms with Crippen LogP contribution in [0.25, 0.3) is 0 Å². The molecular weight excluding hydrogens is 246 g/mol. The van der Waals surface area contributed by atoms with Crippen LogP contribution in [-0.2, 0) is 9.84 Å². The summed E-state index contributed by atoms with van der Waals surface area (Å²) < 4.78 is 26.9. The van der Waals surface area contributed by atoms with Crippen LogP contribution in [0.2, 0.25) is 0 Å². The summed E-state index contributed by atoms with van der Waals surface area (Å²) in [6.07, 6.45) is 1.69. The van der Waals surface area contributed by atoms with Crippen molar-refractivity contribution in [2.75, 3.05) is 23.4 Å². The minimum atomic E-state index is -2.85. The summed E-state index contributed by atoms with van der Waals surface area (Å²) in [7, 11) is -2.85. The number of sulfone groups is 1. The highest BCUT2D eigenvalue weighted by Crippen LogP contribution is 2.28. The molecule has 1 N–H and O–H groups in total. The Morgan fingerprint density at radius 2 is 2.38 bits per heavy atom. The van der Waals surface area contributed by atoms with Gasteiger partial charge in [0.25, 0.3) is 0 Å². The number of rotatable bonds is 4. The molecule has 1 aromatic heterocycles. The van der Waals surface area contributed by atoms with Crippen molar-refractivity contribution in [1.29, 1.82) is 0 Å². The summed E-state index contributed by atoms with van der Waals surface area (Å²) in [5.74, 6) is 1.16. The first-order valence-electron chi connectivity index (χ1n) is 5.38. The first-order valence-corrected chi connectivity index (χ1v) is 7.98. The highest BCUT2D eigenvalue weighted by Gasteiger charge is 2.31. The third-order valence-electron chi connectivity index (χ3n) is 2.57. The van der Waals surface area contributed by atoms with E-state index in [9.17, 15) is 8.42 Å². The summed E-state index contributed by atoms with van der Waals surface area (Å²) in [5.41, 5.74) is 0. The lowest BCUT2D eigenvalue weighted by Gasteiger charge is -2.00. The molecule has 5 nitrogen and oxygen atoms in total. The van der Waals surface area contributed by atoms with Gasteiger partial charge in [-0.25, -0.2) is 13.4 Å². The molecule has 0 spiro atoms. The number of aromatic nitrogens is 2. The van der Waals surface area contributed by atoms with Gasteiger partial charge >= 0.3 is 0 Å². The molecule has 1 fully saturated rings. The van der Waals surface area contributed by atoms with Crippen LogP contribution in [-0.4, -0.2) is 35.8 Å². The molecule has 1 atom stereocenters. The van der Waals surface area contributed by atoms with E-state index in [4.69, 9.17) is 0 Å². The van der Waals surface area contributed by atoms with Gasteiger partial charge in [-0.1, -0.05) is 6.92 Å². The normalized spacial score (nSPS) is 23.4. The van der Waals surface area contributed by atoms with E-state index in [-0.39, 0.29) is 17.4 Å². The highest BCUT2D eigenvalue weighted by molar-refractivity contribution is 7.91. The molecule has 7 heteroatoms.